The van der Waals surface area contributed by atoms with Crippen LogP contribution in [0.4, 0.5) is 0 Å². The lowest BCUT2D eigenvalue weighted by Gasteiger charge is -2.15. The van der Waals surface area contributed by atoms with Crippen LogP contribution in [0.2, 0.25) is 0 Å². The van der Waals surface area contributed by atoms with Crippen LogP contribution >= 0.6 is 15.9 Å². The molecule has 0 saturated carbocycles. The maximum atomic E-state index is 12.7. The summed E-state index contributed by atoms with van der Waals surface area (Å²) in [6.45, 7) is 4.60. The molecule has 0 amide bonds. The van der Waals surface area contributed by atoms with Crippen LogP contribution in [0, 0.1) is 13.8 Å². The summed E-state index contributed by atoms with van der Waals surface area (Å²) in [5, 5.41) is 11.0. The molecule has 1 aromatic heterocycles. The number of alkyl halides is 1. The Balaban J connectivity index is 1.95. The second-order valence-corrected chi connectivity index (χ2v) is 8.67. The average Bonchev–Trinajstić information content (AvgIpc) is 2.72. The van der Waals surface area contributed by atoms with Gasteiger partial charge in [-0.25, -0.2) is 4.79 Å². The first-order valence-corrected chi connectivity index (χ1v) is 11.7. The zero-order chi connectivity index (χ0) is 22.4. The lowest BCUT2D eigenvalue weighted by atomic mass is 10.1. The van der Waals surface area contributed by atoms with Gasteiger partial charge in [-0.1, -0.05) is 41.3 Å². The fourth-order valence-electron chi connectivity index (χ4n) is 3.77. The number of pyridine rings is 1. The molecule has 0 saturated heterocycles. The third-order valence-electron chi connectivity index (χ3n) is 5.24. The second-order valence-electron chi connectivity index (χ2n) is 7.88. The number of aromatic carboxylic acids is 1. The Morgan fingerprint density at radius 3 is 2.35 bits per heavy atom. The highest BCUT2D eigenvalue weighted by atomic mass is 79.9. The summed E-state index contributed by atoms with van der Waals surface area (Å²) < 4.78 is 7.71. The van der Waals surface area contributed by atoms with Gasteiger partial charge in [0.1, 0.15) is 11.3 Å². The van der Waals surface area contributed by atoms with Gasteiger partial charge in [0, 0.05) is 28.7 Å². The number of rotatable bonds is 10. The van der Waals surface area contributed by atoms with Gasteiger partial charge in [-0.2, -0.15) is 0 Å². The molecular weight excluding hydrogens is 458 g/mol. The van der Waals surface area contributed by atoms with Gasteiger partial charge in [0.25, 0.3) is 0 Å². The van der Waals surface area contributed by atoms with Crippen LogP contribution < -0.4 is 10.2 Å². The lowest BCUT2D eigenvalue weighted by molar-refractivity contribution is 0.0695. The molecule has 3 aromatic rings. The van der Waals surface area contributed by atoms with E-state index in [2.05, 4.69) is 22.0 Å². The van der Waals surface area contributed by atoms with Gasteiger partial charge in [0.05, 0.1) is 12.1 Å². The van der Waals surface area contributed by atoms with Crippen LogP contribution in [0.3, 0.4) is 0 Å². The van der Waals surface area contributed by atoms with E-state index >= 15 is 0 Å². The smallest absolute Gasteiger partial charge is 0.341 e. The molecule has 0 fully saturated rings. The first-order chi connectivity index (χ1) is 14.9. The zero-order valence-corrected chi connectivity index (χ0v) is 19.6. The summed E-state index contributed by atoms with van der Waals surface area (Å²) in [7, 11) is 0. The van der Waals surface area contributed by atoms with E-state index in [1.165, 1.54) is 25.5 Å². The molecule has 0 radical (unpaired) electrons. The van der Waals surface area contributed by atoms with Gasteiger partial charge in [-0.15, -0.1) is 0 Å². The van der Waals surface area contributed by atoms with E-state index in [1.807, 2.05) is 32.0 Å². The number of halogens is 1. The second kappa shape index (κ2) is 10.6. The Hall–Kier alpha value is -2.60. The Labute approximate surface area is 190 Å². The fourth-order valence-corrected chi connectivity index (χ4v) is 4.16. The summed E-state index contributed by atoms with van der Waals surface area (Å²) >= 11 is 3.45. The molecule has 2 aromatic carbocycles. The summed E-state index contributed by atoms with van der Waals surface area (Å²) in [4.78, 5) is 24.4. The first kappa shape index (κ1) is 23.1. The summed E-state index contributed by atoms with van der Waals surface area (Å²) in [5.41, 5.74) is 2.84. The molecule has 1 heterocycles. The van der Waals surface area contributed by atoms with Crippen LogP contribution in [0.5, 0.6) is 5.75 Å². The minimum Gasteiger partial charge on any atom is -0.494 e. The number of nitrogens with zero attached hydrogens (tertiary/aromatic N) is 1. The lowest BCUT2D eigenvalue weighted by Crippen LogP contribution is -2.18. The number of unbranched alkanes of at least 4 members (excludes halogenated alkanes) is 4. The molecule has 1 N–H and O–H groups in total. The van der Waals surface area contributed by atoms with Crippen molar-refractivity contribution in [1.29, 1.82) is 0 Å². The quantitative estimate of drug-likeness (QED) is 0.281. The zero-order valence-electron chi connectivity index (χ0n) is 18.0. The number of hydrogen-bond donors (Lipinski definition) is 1. The van der Waals surface area contributed by atoms with Crippen molar-refractivity contribution in [3.05, 3.63) is 69.5 Å². The SMILES string of the molecule is Cc1cc(C)cc(-n2cc(C(=O)O)c(=O)c3ccc(OCCCCCCCBr)cc32)c1. The molecule has 0 aliphatic rings. The minimum atomic E-state index is -1.23. The van der Waals surface area contributed by atoms with Crippen LogP contribution in [0.15, 0.2) is 47.4 Å². The number of aryl methyl sites for hydroxylation is 2. The van der Waals surface area contributed by atoms with Crippen molar-refractivity contribution >= 4 is 32.8 Å². The highest BCUT2D eigenvalue weighted by Gasteiger charge is 2.16. The van der Waals surface area contributed by atoms with Crippen LogP contribution in [0.25, 0.3) is 16.6 Å². The van der Waals surface area contributed by atoms with Gasteiger partial charge in [-0.05, 0) is 62.1 Å². The fraction of sp³-hybridized carbons (Fsp3) is 0.360. The van der Waals surface area contributed by atoms with E-state index in [0.717, 1.165) is 35.0 Å². The third kappa shape index (κ3) is 5.76. The van der Waals surface area contributed by atoms with Crippen molar-refractivity contribution in [3.8, 4) is 11.4 Å². The van der Waals surface area contributed by atoms with E-state index in [0.29, 0.717) is 23.3 Å². The highest BCUT2D eigenvalue weighted by Crippen LogP contribution is 2.24. The van der Waals surface area contributed by atoms with Gasteiger partial charge < -0.3 is 14.4 Å². The first-order valence-electron chi connectivity index (χ1n) is 10.6. The molecular formula is C25H28BrNO4. The van der Waals surface area contributed by atoms with E-state index < -0.39 is 11.4 Å². The molecule has 6 heteroatoms. The van der Waals surface area contributed by atoms with Crippen LogP contribution in [-0.4, -0.2) is 27.6 Å². The molecule has 31 heavy (non-hydrogen) atoms. The molecule has 0 aliphatic heterocycles. The molecule has 0 aliphatic carbocycles. The van der Waals surface area contributed by atoms with E-state index in [4.69, 9.17) is 4.74 Å². The molecule has 3 rings (SSSR count). The Morgan fingerprint density at radius 2 is 1.68 bits per heavy atom. The molecule has 0 spiro atoms. The van der Waals surface area contributed by atoms with Crippen molar-refractivity contribution in [2.45, 2.75) is 46.0 Å². The molecule has 0 unspecified atom stereocenters. The number of ether oxygens (including phenoxy) is 1. The number of hydrogen-bond acceptors (Lipinski definition) is 3. The van der Waals surface area contributed by atoms with E-state index in [9.17, 15) is 14.7 Å². The number of carboxylic acid groups (broad SMARTS) is 1. The standard InChI is InChI=1S/C25H28BrNO4/c1-17-12-18(2)14-19(13-17)27-16-22(25(29)30)24(28)21-9-8-20(15-23(21)27)31-11-7-5-3-4-6-10-26/h8-9,12-16H,3-7,10-11H2,1-2H3,(H,29,30). The molecule has 0 bridgehead atoms. The number of benzene rings is 2. The molecule has 0 atom stereocenters. The number of carboxylic acids is 1. The van der Waals surface area contributed by atoms with Gasteiger partial charge in [0.2, 0.25) is 5.43 Å². The third-order valence-corrected chi connectivity index (χ3v) is 5.80. The van der Waals surface area contributed by atoms with Crippen LogP contribution in [0.1, 0.15) is 53.6 Å². The number of carbonyl (C=O) groups is 1. The predicted octanol–water partition coefficient (Wildman–Crippen LogP) is 6.03. The molecule has 5 nitrogen and oxygen atoms in total. The topological polar surface area (TPSA) is 68.5 Å². The Bertz CT molecular complexity index is 1120. The van der Waals surface area contributed by atoms with Crippen molar-refractivity contribution in [1.82, 2.24) is 4.57 Å². The van der Waals surface area contributed by atoms with Crippen molar-refractivity contribution < 1.29 is 14.6 Å². The molecule has 164 valence electrons. The number of aromatic nitrogens is 1. The number of fused-ring (bicyclic) bond motifs is 1. The Kier molecular flexibility index (Phi) is 7.91. The van der Waals surface area contributed by atoms with Gasteiger partial charge in [-0.3, -0.25) is 4.79 Å². The van der Waals surface area contributed by atoms with Crippen molar-refractivity contribution in [3.63, 3.8) is 0 Å². The Morgan fingerprint density at radius 1 is 1.00 bits per heavy atom. The van der Waals surface area contributed by atoms with E-state index in [1.54, 1.807) is 16.7 Å². The van der Waals surface area contributed by atoms with E-state index in [-0.39, 0.29) is 5.56 Å². The van der Waals surface area contributed by atoms with Gasteiger partial charge in [0.15, 0.2) is 0 Å². The predicted molar refractivity (Wildman–Crippen MR) is 128 cm³/mol. The van der Waals surface area contributed by atoms with Crippen molar-refractivity contribution in [2.75, 3.05) is 11.9 Å². The largest absolute Gasteiger partial charge is 0.494 e. The summed E-state index contributed by atoms with van der Waals surface area (Å²) in [6.07, 6.45) is 7.11. The minimum absolute atomic E-state index is 0.246. The monoisotopic (exact) mass is 485 g/mol. The highest BCUT2D eigenvalue weighted by molar-refractivity contribution is 9.09. The normalized spacial score (nSPS) is 11.1. The maximum absolute atomic E-state index is 12.7. The summed E-state index contributed by atoms with van der Waals surface area (Å²) in [6, 6.07) is 11.2. The maximum Gasteiger partial charge on any atom is 0.341 e. The van der Waals surface area contributed by atoms with Crippen LogP contribution in [-0.2, 0) is 0 Å². The van der Waals surface area contributed by atoms with Gasteiger partial charge >= 0.3 is 5.97 Å². The van der Waals surface area contributed by atoms with Crippen molar-refractivity contribution in [2.24, 2.45) is 0 Å². The average molecular weight is 486 g/mol. The summed E-state index contributed by atoms with van der Waals surface area (Å²) in [5.74, 6) is -0.557.